The van der Waals surface area contributed by atoms with Crippen LogP contribution in [0.5, 0.6) is 17.2 Å². The highest BCUT2D eigenvalue weighted by Gasteiger charge is 2.31. The molecule has 0 saturated carbocycles. The predicted octanol–water partition coefficient (Wildman–Crippen LogP) is 3.68. The van der Waals surface area contributed by atoms with Crippen molar-refractivity contribution in [3.05, 3.63) is 101 Å². The number of nitriles is 1. The molecular formula is C26H20N2O6. The van der Waals surface area contributed by atoms with E-state index in [2.05, 4.69) is 6.07 Å². The molecule has 3 aromatic carbocycles. The second kappa shape index (κ2) is 9.79. The summed E-state index contributed by atoms with van der Waals surface area (Å²) in [6.07, 6.45) is 0. The number of rotatable bonds is 6. The minimum absolute atomic E-state index is 0.0482. The molecule has 0 bridgehead atoms. The molecule has 0 aliphatic carbocycles. The minimum Gasteiger partial charge on any atom is -0.482 e. The first-order valence-corrected chi connectivity index (χ1v) is 10.3. The Morgan fingerprint density at radius 3 is 2.44 bits per heavy atom. The van der Waals surface area contributed by atoms with Gasteiger partial charge in [-0.15, -0.1) is 0 Å². The van der Waals surface area contributed by atoms with E-state index in [9.17, 15) is 14.9 Å². The zero-order valence-electron chi connectivity index (χ0n) is 18.2. The van der Waals surface area contributed by atoms with Crippen LogP contribution in [0.15, 0.2) is 84.3 Å². The Balaban J connectivity index is 1.56. The number of nitrogens with two attached hydrogens (primary N) is 1. The van der Waals surface area contributed by atoms with Crippen LogP contribution in [0.25, 0.3) is 0 Å². The van der Waals surface area contributed by atoms with Gasteiger partial charge in [-0.1, -0.05) is 36.4 Å². The van der Waals surface area contributed by atoms with E-state index in [1.165, 1.54) is 13.2 Å². The summed E-state index contributed by atoms with van der Waals surface area (Å²) in [5.41, 5.74) is 8.04. The molecule has 8 heteroatoms. The van der Waals surface area contributed by atoms with Gasteiger partial charge >= 0.3 is 11.9 Å². The number of esters is 2. The average Bonchev–Trinajstić information content (AvgIpc) is 2.87. The van der Waals surface area contributed by atoms with Gasteiger partial charge in [0.15, 0.2) is 6.61 Å². The van der Waals surface area contributed by atoms with Crippen LogP contribution in [-0.4, -0.2) is 25.7 Å². The van der Waals surface area contributed by atoms with E-state index in [1.807, 2.05) is 6.07 Å². The summed E-state index contributed by atoms with van der Waals surface area (Å²) in [6.45, 7) is -0.266. The lowest BCUT2D eigenvalue weighted by Gasteiger charge is -2.26. The number of fused-ring (bicyclic) bond motifs is 1. The van der Waals surface area contributed by atoms with Crippen LogP contribution in [-0.2, 0) is 9.53 Å². The maximum Gasteiger partial charge on any atom is 0.349 e. The van der Waals surface area contributed by atoms with Crippen molar-refractivity contribution >= 4 is 11.9 Å². The molecule has 0 aromatic heterocycles. The van der Waals surface area contributed by atoms with Crippen LogP contribution in [0.4, 0.5) is 0 Å². The third-order valence-corrected chi connectivity index (χ3v) is 5.19. The molecule has 0 fully saturated rings. The highest BCUT2D eigenvalue weighted by atomic mass is 16.6. The van der Waals surface area contributed by atoms with Gasteiger partial charge in [-0.05, 0) is 35.9 Å². The van der Waals surface area contributed by atoms with Gasteiger partial charge in [-0.2, -0.15) is 5.26 Å². The molecule has 1 atom stereocenters. The average molecular weight is 456 g/mol. The fraction of sp³-hybridized carbons (Fsp3) is 0.115. The topological polar surface area (TPSA) is 121 Å². The van der Waals surface area contributed by atoms with E-state index >= 15 is 0 Å². The number of hydrogen-bond donors (Lipinski definition) is 1. The molecule has 1 unspecified atom stereocenters. The highest BCUT2D eigenvalue weighted by Crippen LogP contribution is 2.43. The molecule has 0 amide bonds. The first kappa shape index (κ1) is 22.4. The summed E-state index contributed by atoms with van der Waals surface area (Å²) in [5.74, 6) is -0.468. The number of para-hydroxylation sites is 1. The summed E-state index contributed by atoms with van der Waals surface area (Å²) in [5, 5.41) is 9.70. The van der Waals surface area contributed by atoms with Crippen LogP contribution in [0, 0.1) is 11.3 Å². The van der Waals surface area contributed by atoms with Crippen LogP contribution in [0.3, 0.4) is 0 Å². The van der Waals surface area contributed by atoms with Crippen molar-refractivity contribution in [3.63, 3.8) is 0 Å². The van der Waals surface area contributed by atoms with Crippen LogP contribution in [0.1, 0.15) is 27.4 Å². The zero-order chi connectivity index (χ0) is 24.1. The van der Waals surface area contributed by atoms with Gasteiger partial charge in [-0.3, -0.25) is 0 Å². The smallest absolute Gasteiger partial charge is 0.349 e. The third kappa shape index (κ3) is 4.69. The van der Waals surface area contributed by atoms with E-state index in [-0.39, 0.29) is 23.8 Å². The highest BCUT2D eigenvalue weighted by molar-refractivity contribution is 5.89. The number of carbonyl (C=O) groups excluding carboxylic acids is 2. The lowest BCUT2D eigenvalue weighted by Crippen LogP contribution is -2.21. The second-order valence-electron chi connectivity index (χ2n) is 7.31. The van der Waals surface area contributed by atoms with Gasteiger partial charge < -0.3 is 24.7 Å². The molecule has 34 heavy (non-hydrogen) atoms. The maximum absolute atomic E-state index is 12.2. The maximum atomic E-state index is 12.2. The Hall–Kier alpha value is -4.77. The number of carbonyl (C=O) groups is 2. The monoisotopic (exact) mass is 456 g/mol. The molecule has 8 nitrogen and oxygen atoms in total. The SMILES string of the molecule is COC(=O)c1ccc(C2C(C#N)=C(N)Oc3cc(OC(=O)COc4ccccc4)ccc32)cc1. The first-order valence-electron chi connectivity index (χ1n) is 10.3. The van der Waals surface area contributed by atoms with Gasteiger partial charge in [0.25, 0.3) is 0 Å². The summed E-state index contributed by atoms with van der Waals surface area (Å²) < 4.78 is 21.2. The van der Waals surface area contributed by atoms with E-state index in [4.69, 9.17) is 24.7 Å². The molecule has 4 rings (SSSR count). The van der Waals surface area contributed by atoms with Crippen molar-refractivity contribution in [1.82, 2.24) is 0 Å². The van der Waals surface area contributed by atoms with Crippen molar-refractivity contribution in [2.75, 3.05) is 13.7 Å². The van der Waals surface area contributed by atoms with Crippen LogP contribution < -0.4 is 19.9 Å². The standard InChI is InChI=1S/C26H20N2O6/c1-31-26(30)17-9-7-16(8-10-17)24-20-12-11-19(13-22(20)34-25(28)21(24)14-27)33-23(29)15-32-18-5-3-2-4-6-18/h2-13,24H,15,28H2,1H3. The Kier molecular flexibility index (Phi) is 6.46. The van der Waals surface area contributed by atoms with E-state index in [1.54, 1.807) is 60.7 Å². The van der Waals surface area contributed by atoms with Gasteiger partial charge in [-0.25, -0.2) is 9.59 Å². The Morgan fingerprint density at radius 1 is 1.03 bits per heavy atom. The predicted molar refractivity (Wildman–Crippen MR) is 121 cm³/mol. The first-order chi connectivity index (χ1) is 16.5. The van der Waals surface area contributed by atoms with Crippen molar-refractivity contribution < 1.29 is 28.5 Å². The van der Waals surface area contributed by atoms with Crippen molar-refractivity contribution in [2.45, 2.75) is 5.92 Å². The fourth-order valence-corrected chi connectivity index (χ4v) is 3.59. The van der Waals surface area contributed by atoms with Crippen molar-refractivity contribution in [2.24, 2.45) is 5.73 Å². The molecular weight excluding hydrogens is 436 g/mol. The van der Waals surface area contributed by atoms with E-state index in [0.717, 1.165) is 5.56 Å². The fourth-order valence-electron chi connectivity index (χ4n) is 3.59. The van der Waals surface area contributed by atoms with Gasteiger partial charge in [0.2, 0.25) is 5.88 Å². The second-order valence-corrected chi connectivity index (χ2v) is 7.31. The lowest BCUT2D eigenvalue weighted by molar-refractivity contribution is -0.136. The lowest BCUT2D eigenvalue weighted by atomic mass is 9.83. The number of allylic oxidation sites excluding steroid dienone is 1. The third-order valence-electron chi connectivity index (χ3n) is 5.19. The quantitative estimate of drug-likeness (QED) is 0.441. The van der Waals surface area contributed by atoms with E-state index in [0.29, 0.717) is 22.6 Å². The number of benzene rings is 3. The number of hydrogen-bond acceptors (Lipinski definition) is 8. The molecule has 0 spiro atoms. The summed E-state index contributed by atoms with van der Waals surface area (Å²) in [4.78, 5) is 24.0. The van der Waals surface area contributed by atoms with Crippen LogP contribution >= 0.6 is 0 Å². The molecule has 0 saturated heterocycles. The summed E-state index contributed by atoms with van der Waals surface area (Å²) in [6, 6.07) is 22.6. The number of methoxy groups -OCH3 is 1. The molecule has 170 valence electrons. The zero-order valence-corrected chi connectivity index (χ0v) is 18.2. The normalized spacial score (nSPS) is 14.3. The molecule has 1 aliphatic rings. The molecule has 2 N–H and O–H groups in total. The van der Waals surface area contributed by atoms with Gasteiger partial charge in [0.1, 0.15) is 28.9 Å². The molecule has 1 aliphatic heterocycles. The van der Waals surface area contributed by atoms with Crippen molar-refractivity contribution in [3.8, 4) is 23.3 Å². The summed E-state index contributed by atoms with van der Waals surface area (Å²) >= 11 is 0. The van der Waals surface area contributed by atoms with Crippen LogP contribution in [0.2, 0.25) is 0 Å². The molecule has 0 radical (unpaired) electrons. The van der Waals surface area contributed by atoms with E-state index < -0.39 is 17.9 Å². The Morgan fingerprint density at radius 2 is 1.76 bits per heavy atom. The Labute approximate surface area is 195 Å². The molecule has 3 aromatic rings. The minimum atomic E-state index is -0.587. The van der Waals surface area contributed by atoms with Crippen molar-refractivity contribution in [1.29, 1.82) is 5.26 Å². The molecule has 1 heterocycles. The number of ether oxygens (including phenoxy) is 4. The Bertz CT molecular complexity index is 1290. The number of nitrogens with zero attached hydrogens (tertiary/aromatic N) is 1. The van der Waals surface area contributed by atoms with Gasteiger partial charge in [0, 0.05) is 11.6 Å². The van der Waals surface area contributed by atoms with Gasteiger partial charge in [0.05, 0.1) is 18.6 Å². The summed E-state index contributed by atoms with van der Waals surface area (Å²) in [7, 11) is 1.31. The largest absolute Gasteiger partial charge is 0.482 e.